The second kappa shape index (κ2) is 15.5. The summed E-state index contributed by atoms with van der Waals surface area (Å²) in [7, 11) is 0.927. The molecule has 8 rings (SSSR count). The van der Waals surface area contributed by atoms with Crippen molar-refractivity contribution in [3.8, 4) is 11.5 Å². The number of benzene rings is 4. The van der Waals surface area contributed by atoms with Crippen LogP contribution in [0.25, 0.3) is 21.5 Å². The van der Waals surface area contributed by atoms with Crippen LogP contribution in [-0.2, 0) is 21.8 Å². The zero-order chi connectivity index (χ0) is 30.3. The topological polar surface area (TPSA) is 18.5 Å². The van der Waals surface area contributed by atoms with Gasteiger partial charge in [-0.1, -0.05) is 62.1 Å². The maximum absolute atomic E-state index is 6.39. The van der Waals surface area contributed by atoms with Gasteiger partial charge in [0.05, 0.1) is 12.7 Å². The molecule has 0 radical (unpaired) electrons. The third-order valence-electron chi connectivity index (χ3n) is 10.4. The molecule has 0 N–H and O–H groups in total. The van der Waals surface area contributed by atoms with Gasteiger partial charge >= 0.3 is 0 Å². The molecule has 0 atom stereocenters. The highest BCUT2D eigenvalue weighted by atomic mass is 32.2. The zero-order valence-electron chi connectivity index (χ0n) is 27.2. The Balaban J connectivity index is 0.000000145. The largest absolute Gasteiger partial charge is 0.493 e. The predicted octanol–water partition coefficient (Wildman–Crippen LogP) is 10.9. The van der Waals surface area contributed by atoms with E-state index < -0.39 is 0 Å². The molecule has 2 saturated heterocycles. The van der Waals surface area contributed by atoms with Gasteiger partial charge in [-0.3, -0.25) is 0 Å². The smallest absolute Gasteiger partial charge is 0.162 e. The molecule has 2 nitrogen and oxygen atoms in total. The minimum absolute atomic E-state index is 0.428. The van der Waals surface area contributed by atoms with Gasteiger partial charge in [0.2, 0.25) is 0 Å². The Hall–Kier alpha value is -2.30. The summed E-state index contributed by atoms with van der Waals surface area (Å²) in [4.78, 5) is 3.15. The number of rotatable bonds is 7. The molecule has 4 fully saturated rings. The first-order valence-corrected chi connectivity index (χ1v) is 21.1. The number of hydrogen-bond donors (Lipinski definition) is 0. The summed E-state index contributed by atoms with van der Waals surface area (Å²) in [5.41, 5.74) is 0. The summed E-state index contributed by atoms with van der Waals surface area (Å²) in [5.74, 6) is 8.49. The molecule has 45 heavy (non-hydrogen) atoms. The van der Waals surface area contributed by atoms with E-state index in [0.717, 1.165) is 24.0 Å². The maximum Gasteiger partial charge on any atom is 0.162 e. The molecule has 0 aromatic heterocycles. The Morgan fingerprint density at radius 3 is 1.49 bits per heavy atom. The highest BCUT2D eigenvalue weighted by Gasteiger charge is 2.30. The third kappa shape index (κ3) is 7.65. The predicted molar refractivity (Wildman–Crippen MR) is 197 cm³/mol. The van der Waals surface area contributed by atoms with Crippen LogP contribution in [0.1, 0.15) is 89.9 Å². The number of hydrogen-bond acceptors (Lipinski definition) is 2. The summed E-state index contributed by atoms with van der Waals surface area (Å²) in [6.45, 7) is 0.898. The fraction of sp³-hybridized carbons (Fsp3) is 0.512. The Kier molecular flexibility index (Phi) is 10.8. The van der Waals surface area contributed by atoms with Gasteiger partial charge in [0.25, 0.3) is 0 Å². The molecule has 4 aliphatic rings. The lowest BCUT2D eigenvalue weighted by Gasteiger charge is -2.24. The summed E-state index contributed by atoms with van der Waals surface area (Å²) >= 11 is 0. The SMILES string of the molecule is c1ccc2c([S+]3CCCC3)ccc(OC3CCCCC3)c2c1.c1ccc2c([S+]3CCCC3)ccc(OCC3CCCCC3)c2c1. The molecule has 4 aromatic carbocycles. The van der Waals surface area contributed by atoms with Crippen molar-refractivity contribution < 1.29 is 9.47 Å². The highest BCUT2D eigenvalue weighted by molar-refractivity contribution is 7.97. The number of fused-ring (bicyclic) bond motifs is 2. The first-order chi connectivity index (χ1) is 22.3. The minimum atomic E-state index is 0.428. The molecule has 0 bridgehead atoms. The summed E-state index contributed by atoms with van der Waals surface area (Å²) < 4.78 is 12.7. The molecule has 2 aliphatic heterocycles. The zero-order valence-corrected chi connectivity index (χ0v) is 28.8. The summed E-state index contributed by atoms with van der Waals surface area (Å²) in [6, 6.07) is 26.9. The van der Waals surface area contributed by atoms with Gasteiger partial charge < -0.3 is 9.47 Å². The second-order valence-electron chi connectivity index (χ2n) is 13.6. The minimum Gasteiger partial charge on any atom is -0.493 e. The maximum atomic E-state index is 6.39. The molecule has 238 valence electrons. The van der Waals surface area contributed by atoms with Gasteiger partial charge in [-0.05, 0) is 107 Å². The van der Waals surface area contributed by atoms with Crippen LogP contribution in [0.5, 0.6) is 11.5 Å². The van der Waals surface area contributed by atoms with E-state index in [1.807, 2.05) is 0 Å². The summed E-state index contributed by atoms with van der Waals surface area (Å²) in [6.07, 6.45) is 19.4. The first-order valence-electron chi connectivity index (χ1n) is 18.0. The monoisotopic (exact) mass is 640 g/mol. The van der Waals surface area contributed by atoms with Crippen molar-refractivity contribution in [2.45, 2.75) is 106 Å². The third-order valence-corrected chi connectivity index (χ3v) is 15.5. The molecule has 2 aliphatic carbocycles. The van der Waals surface area contributed by atoms with Crippen LogP contribution in [0.2, 0.25) is 0 Å². The van der Waals surface area contributed by atoms with Gasteiger partial charge in [0, 0.05) is 43.3 Å². The molecule has 2 saturated carbocycles. The van der Waals surface area contributed by atoms with E-state index in [2.05, 4.69) is 72.8 Å². The first kappa shape index (κ1) is 31.3. The molecular weight excluding hydrogens is 589 g/mol. The van der Waals surface area contributed by atoms with E-state index in [9.17, 15) is 0 Å². The van der Waals surface area contributed by atoms with Crippen LogP contribution < -0.4 is 9.47 Å². The molecule has 0 spiro atoms. The van der Waals surface area contributed by atoms with E-state index in [4.69, 9.17) is 9.47 Å². The van der Waals surface area contributed by atoms with E-state index in [1.165, 1.54) is 134 Å². The standard InChI is InChI=1S/C21H27OS.C20H25OS/c1-2-8-17(9-3-1)16-22-20-12-13-21(23-14-6-7-15-23)19-11-5-4-10-18(19)20;1-2-8-16(9-3-1)21-19-12-13-20(22-14-6-7-15-22)18-11-5-4-10-17(18)19/h4-5,10-13,17H,1-3,6-9,14-16H2;4-5,10-13,16H,1-3,6-9,14-15H2/q2*+1. The van der Waals surface area contributed by atoms with Crippen molar-refractivity contribution in [3.63, 3.8) is 0 Å². The second-order valence-corrected chi connectivity index (χ2v) is 18.1. The Labute approximate surface area is 277 Å². The van der Waals surface area contributed by atoms with Crippen molar-refractivity contribution in [3.05, 3.63) is 72.8 Å². The van der Waals surface area contributed by atoms with Crippen molar-refractivity contribution >= 4 is 43.3 Å². The van der Waals surface area contributed by atoms with E-state index in [1.54, 1.807) is 9.79 Å². The van der Waals surface area contributed by atoms with Crippen molar-refractivity contribution in [2.24, 2.45) is 5.92 Å². The average molecular weight is 641 g/mol. The average Bonchev–Trinajstić information content (AvgIpc) is 3.85. The lowest BCUT2D eigenvalue weighted by Crippen LogP contribution is -2.19. The molecule has 2 heterocycles. The Morgan fingerprint density at radius 1 is 0.467 bits per heavy atom. The van der Waals surface area contributed by atoms with Gasteiger partial charge in [-0.15, -0.1) is 0 Å². The molecule has 4 aromatic rings. The fourth-order valence-electron chi connectivity index (χ4n) is 7.89. The van der Waals surface area contributed by atoms with Crippen LogP contribution in [0, 0.1) is 5.92 Å². The van der Waals surface area contributed by atoms with Gasteiger partial charge in [-0.2, -0.15) is 0 Å². The van der Waals surface area contributed by atoms with Crippen LogP contribution in [0.3, 0.4) is 0 Å². The molecule has 0 unspecified atom stereocenters. The summed E-state index contributed by atoms with van der Waals surface area (Å²) in [5, 5.41) is 5.50. The van der Waals surface area contributed by atoms with Crippen LogP contribution in [0.4, 0.5) is 0 Å². The van der Waals surface area contributed by atoms with Gasteiger partial charge in [0.15, 0.2) is 9.79 Å². The van der Waals surface area contributed by atoms with E-state index in [0.29, 0.717) is 27.9 Å². The van der Waals surface area contributed by atoms with Crippen molar-refractivity contribution in [2.75, 3.05) is 29.6 Å². The number of ether oxygens (including phenoxy) is 2. The Morgan fingerprint density at radius 2 is 0.933 bits per heavy atom. The molecule has 0 amide bonds. The van der Waals surface area contributed by atoms with Crippen molar-refractivity contribution in [1.82, 2.24) is 0 Å². The quantitative estimate of drug-likeness (QED) is 0.187. The van der Waals surface area contributed by atoms with Crippen LogP contribution >= 0.6 is 0 Å². The van der Waals surface area contributed by atoms with Crippen LogP contribution in [0.15, 0.2) is 82.6 Å². The molecular formula is C41H52O2S2+2. The Bertz CT molecular complexity index is 1530. The van der Waals surface area contributed by atoms with E-state index in [-0.39, 0.29) is 0 Å². The van der Waals surface area contributed by atoms with Gasteiger partial charge in [0.1, 0.15) is 34.5 Å². The normalized spacial score (nSPS) is 20.4. The highest BCUT2D eigenvalue weighted by Crippen LogP contribution is 2.37. The fourth-order valence-corrected chi connectivity index (χ4v) is 12.9. The lowest BCUT2D eigenvalue weighted by atomic mass is 9.90. The van der Waals surface area contributed by atoms with Crippen molar-refractivity contribution in [1.29, 1.82) is 0 Å². The van der Waals surface area contributed by atoms with E-state index >= 15 is 0 Å². The molecule has 4 heteroatoms. The lowest BCUT2D eigenvalue weighted by molar-refractivity contribution is 0.157. The van der Waals surface area contributed by atoms with Crippen LogP contribution in [-0.4, -0.2) is 35.7 Å². The van der Waals surface area contributed by atoms with Gasteiger partial charge in [-0.25, -0.2) is 0 Å².